The molecule has 1 saturated carbocycles. The second kappa shape index (κ2) is 9.21. The third kappa shape index (κ3) is 4.12. The molecule has 8 nitrogen and oxygen atoms in total. The highest BCUT2D eigenvalue weighted by Crippen LogP contribution is 2.43. The number of benzene rings is 2. The highest BCUT2D eigenvalue weighted by Gasteiger charge is 2.46. The number of para-hydroxylation sites is 1. The summed E-state index contributed by atoms with van der Waals surface area (Å²) in [6, 6.07) is 14.4. The lowest BCUT2D eigenvalue weighted by Gasteiger charge is -2.43. The van der Waals surface area contributed by atoms with Crippen LogP contribution >= 0.6 is 11.6 Å². The standard InChI is InChI=1S/C28H25ClN4O4/c1-36-18-8-5-11-28(13-18)27(35)32-22-15-31-26-23(24(22)33-28)20(14-30-26)25(34)19-10-9-17(12-21(19)29)37-16-6-3-2-4-7-16/h2-4,6-7,9-10,12,14-15,18,33H,5,8,11,13H2,1H3,(H,30,31)(H,32,35). The molecule has 6 rings (SSSR count). The number of aromatic amines is 1. The molecule has 1 fully saturated rings. The van der Waals surface area contributed by atoms with Crippen molar-refractivity contribution in [3.05, 3.63) is 77.1 Å². The van der Waals surface area contributed by atoms with Gasteiger partial charge in [-0.15, -0.1) is 0 Å². The average Bonchev–Trinajstić information content (AvgIpc) is 3.35. The Bertz CT molecular complexity index is 1520. The van der Waals surface area contributed by atoms with Gasteiger partial charge in [0.05, 0.1) is 39.6 Å². The quantitative estimate of drug-likeness (QED) is 0.284. The molecule has 0 radical (unpaired) electrons. The minimum atomic E-state index is -0.814. The van der Waals surface area contributed by atoms with Crippen LogP contribution in [0.15, 0.2) is 60.9 Å². The Kier molecular flexibility index (Phi) is 5.85. The van der Waals surface area contributed by atoms with Crippen LogP contribution in [-0.4, -0.2) is 40.4 Å². The summed E-state index contributed by atoms with van der Waals surface area (Å²) < 4.78 is 11.4. The zero-order valence-electron chi connectivity index (χ0n) is 20.1. The number of carbonyl (C=O) groups excluding carboxylic acids is 2. The van der Waals surface area contributed by atoms with Gasteiger partial charge >= 0.3 is 0 Å². The van der Waals surface area contributed by atoms with Crippen LogP contribution in [0.2, 0.25) is 5.02 Å². The van der Waals surface area contributed by atoms with Gasteiger partial charge in [-0.05, 0) is 43.5 Å². The molecule has 9 heteroatoms. The van der Waals surface area contributed by atoms with E-state index in [2.05, 4.69) is 20.6 Å². The number of hydrogen-bond acceptors (Lipinski definition) is 6. The third-order valence-corrected chi connectivity index (χ3v) is 7.51. The summed E-state index contributed by atoms with van der Waals surface area (Å²) >= 11 is 6.56. The molecule has 3 heterocycles. The average molecular weight is 517 g/mol. The molecule has 1 aliphatic heterocycles. The fourth-order valence-electron chi connectivity index (χ4n) is 5.30. The number of nitrogens with one attached hydrogen (secondary N) is 3. The van der Waals surface area contributed by atoms with E-state index in [-0.39, 0.29) is 22.8 Å². The molecule has 2 atom stereocenters. The predicted octanol–water partition coefficient (Wildman–Crippen LogP) is 5.93. The molecule has 4 aromatic rings. The highest BCUT2D eigenvalue weighted by atomic mass is 35.5. The van der Waals surface area contributed by atoms with Crippen molar-refractivity contribution in [2.45, 2.75) is 37.3 Å². The number of fused-ring (bicyclic) bond motifs is 3. The van der Waals surface area contributed by atoms with Gasteiger partial charge in [0.1, 0.15) is 22.7 Å². The zero-order valence-corrected chi connectivity index (χ0v) is 20.9. The van der Waals surface area contributed by atoms with E-state index in [0.717, 1.165) is 12.8 Å². The number of H-pyrrole nitrogens is 1. The van der Waals surface area contributed by atoms with Gasteiger partial charge in [0.2, 0.25) is 5.91 Å². The first-order valence-corrected chi connectivity index (χ1v) is 12.5. The van der Waals surface area contributed by atoms with E-state index in [9.17, 15) is 9.59 Å². The summed E-state index contributed by atoms with van der Waals surface area (Å²) in [5.74, 6) is 0.835. The van der Waals surface area contributed by atoms with Crippen LogP contribution in [0.1, 0.15) is 41.6 Å². The highest BCUT2D eigenvalue weighted by molar-refractivity contribution is 6.36. The van der Waals surface area contributed by atoms with E-state index in [1.807, 2.05) is 30.3 Å². The summed E-state index contributed by atoms with van der Waals surface area (Å²) in [6.07, 6.45) is 6.18. The van der Waals surface area contributed by atoms with Gasteiger partial charge in [0.15, 0.2) is 5.78 Å². The van der Waals surface area contributed by atoms with Crippen molar-refractivity contribution < 1.29 is 19.1 Å². The van der Waals surface area contributed by atoms with Crippen LogP contribution in [0.5, 0.6) is 11.5 Å². The van der Waals surface area contributed by atoms with Crippen molar-refractivity contribution in [1.82, 2.24) is 9.97 Å². The number of aromatic nitrogens is 2. The molecule has 188 valence electrons. The Labute approximate surface area is 218 Å². The summed E-state index contributed by atoms with van der Waals surface area (Å²) in [4.78, 5) is 34.4. The van der Waals surface area contributed by atoms with Crippen molar-refractivity contribution >= 4 is 45.7 Å². The number of rotatable bonds is 5. The second-order valence-corrected chi connectivity index (χ2v) is 9.88. The lowest BCUT2D eigenvalue weighted by molar-refractivity contribution is -0.123. The molecule has 1 aliphatic carbocycles. The molecule has 2 unspecified atom stereocenters. The monoisotopic (exact) mass is 516 g/mol. The lowest BCUT2D eigenvalue weighted by Crippen LogP contribution is -2.56. The maximum absolute atomic E-state index is 13.7. The Morgan fingerprint density at radius 3 is 2.76 bits per heavy atom. The minimum Gasteiger partial charge on any atom is -0.457 e. The van der Waals surface area contributed by atoms with E-state index in [4.69, 9.17) is 21.1 Å². The van der Waals surface area contributed by atoms with Crippen LogP contribution in [-0.2, 0) is 9.53 Å². The van der Waals surface area contributed by atoms with Gasteiger partial charge in [-0.3, -0.25) is 9.59 Å². The Hall–Kier alpha value is -3.88. The number of anilines is 2. The smallest absolute Gasteiger partial charge is 0.250 e. The molecular weight excluding hydrogens is 492 g/mol. The normalized spacial score (nSPS) is 20.8. The van der Waals surface area contributed by atoms with Gasteiger partial charge in [-0.2, -0.15) is 0 Å². The van der Waals surface area contributed by atoms with Crippen molar-refractivity contribution in [2.24, 2.45) is 0 Å². The minimum absolute atomic E-state index is 0.0198. The number of nitrogens with zero attached hydrogens (tertiary/aromatic N) is 1. The maximum atomic E-state index is 13.7. The number of methoxy groups -OCH3 is 1. The maximum Gasteiger partial charge on any atom is 0.250 e. The molecule has 37 heavy (non-hydrogen) atoms. The van der Waals surface area contributed by atoms with Crippen LogP contribution in [0, 0.1) is 0 Å². The number of ketones is 1. The predicted molar refractivity (Wildman–Crippen MR) is 142 cm³/mol. The SMILES string of the molecule is COC1CCCC2(C1)Nc1c(cnc3[nH]cc(C(=O)c4ccc(Oc5ccccc5)cc4Cl)c13)NC2=O. The van der Waals surface area contributed by atoms with Crippen molar-refractivity contribution in [3.8, 4) is 11.5 Å². The van der Waals surface area contributed by atoms with Gasteiger partial charge in [-0.25, -0.2) is 4.98 Å². The topological polar surface area (TPSA) is 105 Å². The fourth-order valence-corrected chi connectivity index (χ4v) is 5.55. The molecule has 1 amide bonds. The van der Waals surface area contributed by atoms with E-state index in [0.29, 0.717) is 57.9 Å². The number of pyridine rings is 1. The number of hydrogen-bond donors (Lipinski definition) is 3. The van der Waals surface area contributed by atoms with E-state index in [1.165, 1.54) is 0 Å². The Balaban J connectivity index is 1.36. The Morgan fingerprint density at radius 1 is 1.14 bits per heavy atom. The zero-order chi connectivity index (χ0) is 25.6. The van der Waals surface area contributed by atoms with E-state index >= 15 is 0 Å². The molecule has 2 aliphatic rings. The summed E-state index contributed by atoms with van der Waals surface area (Å²) in [5.41, 5.74) is 1.69. The van der Waals surface area contributed by atoms with E-state index < -0.39 is 5.54 Å². The van der Waals surface area contributed by atoms with E-state index in [1.54, 1.807) is 37.7 Å². The molecule has 1 spiro atoms. The molecular formula is C28H25ClN4O4. The molecule has 2 aromatic carbocycles. The molecule has 0 saturated heterocycles. The first-order chi connectivity index (χ1) is 18.0. The van der Waals surface area contributed by atoms with Gasteiger partial charge in [0.25, 0.3) is 0 Å². The van der Waals surface area contributed by atoms with Crippen LogP contribution in [0.3, 0.4) is 0 Å². The first kappa shape index (κ1) is 23.5. The molecule has 3 N–H and O–H groups in total. The van der Waals surface area contributed by atoms with Crippen molar-refractivity contribution in [3.63, 3.8) is 0 Å². The summed E-state index contributed by atoms with van der Waals surface area (Å²) in [7, 11) is 1.67. The Morgan fingerprint density at radius 2 is 1.97 bits per heavy atom. The molecule has 0 bridgehead atoms. The second-order valence-electron chi connectivity index (χ2n) is 9.47. The van der Waals surface area contributed by atoms with Crippen LogP contribution < -0.4 is 15.4 Å². The lowest BCUT2D eigenvalue weighted by atomic mass is 9.78. The van der Waals surface area contributed by atoms with Crippen LogP contribution in [0.25, 0.3) is 11.0 Å². The van der Waals surface area contributed by atoms with Crippen molar-refractivity contribution in [1.29, 1.82) is 0 Å². The van der Waals surface area contributed by atoms with Gasteiger partial charge in [-0.1, -0.05) is 29.8 Å². The van der Waals surface area contributed by atoms with Crippen LogP contribution in [0.4, 0.5) is 11.4 Å². The number of halogens is 1. The number of amides is 1. The fraction of sp³-hybridized carbons (Fsp3) is 0.250. The number of carbonyl (C=O) groups is 2. The summed E-state index contributed by atoms with van der Waals surface area (Å²) in [5, 5.41) is 7.39. The van der Waals surface area contributed by atoms with Gasteiger partial charge < -0.3 is 25.1 Å². The largest absolute Gasteiger partial charge is 0.457 e. The first-order valence-electron chi connectivity index (χ1n) is 12.2. The molecule has 2 aromatic heterocycles. The summed E-state index contributed by atoms with van der Waals surface area (Å²) in [6.45, 7) is 0. The van der Waals surface area contributed by atoms with Gasteiger partial charge in [0, 0.05) is 31.4 Å². The van der Waals surface area contributed by atoms with Crippen molar-refractivity contribution in [2.75, 3.05) is 17.7 Å². The third-order valence-electron chi connectivity index (χ3n) is 7.20. The number of ether oxygens (including phenoxy) is 2.